The molecule has 1 saturated heterocycles. The number of hydrogen-bond donors (Lipinski definition) is 2. The molecule has 178 valence electrons. The van der Waals surface area contributed by atoms with Gasteiger partial charge in [0.1, 0.15) is 28.5 Å². The van der Waals surface area contributed by atoms with E-state index in [4.69, 9.17) is 16.2 Å². The molecule has 0 radical (unpaired) electrons. The molecule has 5 heterocycles. The average Bonchev–Trinajstić information content (AvgIpc) is 3.36. The van der Waals surface area contributed by atoms with Crippen molar-refractivity contribution in [2.24, 2.45) is 0 Å². The van der Waals surface area contributed by atoms with Gasteiger partial charge >= 0.3 is 6.01 Å². The van der Waals surface area contributed by atoms with E-state index in [9.17, 15) is 10.5 Å². The maximum Gasteiger partial charge on any atom is 0.320 e. The molecule has 0 bridgehead atoms. The first-order chi connectivity index (χ1) is 16.8. The number of nitrogens with two attached hydrogens (primary N) is 2. The van der Waals surface area contributed by atoms with Crippen molar-refractivity contribution in [3.8, 4) is 18.1 Å². The van der Waals surface area contributed by atoms with Crippen molar-refractivity contribution in [3.63, 3.8) is 0 Å². The SMILES string of the molecule is COc1nc(N2CC3(C2)SCc2sc(N)c(C#N)c23)c(C#N)c(N(C)C(C)c2cccnc2N)n1. The quantitative estimate of drug-likeness (QED) is 0.526. The van der Waals surface area contributed by atoms with Gasteiger partial charge < -0.3 is 26.0 Å². The number of methoxy groups -OCH3 is 1. The smallest absolute Gasteiger partial charge is 0.320 e. The van der Waals surface area contributed by atoms with Crippen LogP contribution in [0.25, 0.3) is 0 Å². The topological polar surface area (TPSA) is 154 Å². The lowest BCUT2D eigenvalue weighted by atomic mass is 9.88. The van der Waals surface area contributed by atoms with Crippen molar-refractivity contribution in [3.05, 3.63) is 45.5 Å². The number of ether oxygens (including phenoxy) is 1. The normalized spacial score (nSPS) is 16.2. The van der Waals surface area contributed by atoms with E-state index in [1.165, 1.54) is 18.4 Å². The number of nitriles is 2. The van der Waals surface area contributed by atoms with E-state index in [1.807, 2.05) is 47.7 Å². The highest BCUT2D eigenvalue weighted by Gasteiger charge is 2.53. The van der Waals surface area contributed by atoms with E-state index in [2.05, 4.69) is 27.1 Å². The molecule has 2 aliphatic heterocycles. The number of nitrogen functional groups attached to an aromatic ring is 2. The van der Waals surface area contributed by atoms with Crippen molar-refractivity contribution in [2.75, 3.05) is 48.5 Å². The zero-order valence-electron chi connectivity index (χ0n) is 19.4. The Morgan fingerprint density at radius 3 is 2.63 bits per heavy atom. The van der Waals surface area contributed by atoms with Crippen molar-refractivity contribution < 1.29 is 4.74 Å². The number of aromatic nitrogens is 3. The molecule has 1 atom stereocenters. The van der Waals surface area contributed by atoms with Gasteiger partial charge in [0.05, 0.1) is 23.5 Å². The summed E-state index contributed by atoms with van der Waals surface area (Å²) in [4.78, 5) is 18.3. The van der Waals surface area contributed by atoms with Gasteiger partial charge in [0.15, 0.2) is 11.6 Å². The number of hydrogen-bond acceptors (Lipinski definition) is 12. The highest BCUT2D eigenvalue weighted by molar-refractivity contribution is 8.00. The number of nitrogens with zero attached hydrogens (tertiary/aromatic N) is 7. The van der Waals surface area contributed by atoms with Crippen molar-refractivity contribution in [1.82, 2.24) is 15.0 Å². The Morgan fingerprint density at radius 1 is 1.23 bits per heavy atom. The maximum absolute atomic E-state index is 10.2. The van der Waals surface area contributed by atoms with Gasteiger partial charge in [-0.1, -0.05) is 6.07 Å². The highest BCUT2D eigenvalue weighted by atomic mass is 32.2. The Hall–Kier alpha value is -3.74. The predicted octanol–water partition coefficient (Wildman–Crippen LogP) is 3.01. The first-order valence-electron chi connectivity index (χ1n) is 10.8. The summed E-state index contributed by atoms with van der Waals surface area (Å²) in [6, 6.07) is 8.29. The minimum Gasteiger partial charge on any atom is -0.467 e. The monoisotopic (exact) mass is 505 g/mol. The van der Waals surface area contributed by atoms with Gasteiger partial charge in [-0.15, -0.1) is 23.1 Å². The van der Waals surface area contributed by atoms with E-state index in [0.29, 0.717) is 46.7 Å². The minimum absolute atomic E-state index is 0.172. The molecule has 1 fully saturated rings. The van der Waals surface area contributed by atoms with Crippen LogP contribution < -0.4 is 26.0 Å². The molecule has 3 aromatic heterocycles. The summed E-state index contributed by atoms with van der Waals surface area (Å²) in [5.41, 5.74) is 15.0. The maximum atomic E-state index is 10.2. The highest BCUT2D eigenvalue weighted by Crippen LogP contribution is 2.58. The molecule has 3 aromatic rings. The van der Waals surface area contributed by atoms with Crippen LogP contribution in [0.4, 0.5) is 22.5 Å². The molecule has 1 unspecified atom stereocenters. The Labute approximate surface area is 211 Å². The van der Waals surface area contributed by atoms with Crippen LogP contribution in [-0.4, -0.2) is 42.2 Å². The molecule has 1 spiro atoms. The molecule has 0 amide bonds. The van der Waals surface area contributed by atoms with E-state index < -0.39 is 0 Å². The van der Waals surface area contributed by atoms with Crippen LogP contribution in [0.15, 0.2) is 18.3 Å². The number of thioether (sulfide) groups is 1. The Balaban J connectivity index is 1.51. The number of anilines is 4. The number of fused-ring (bicyclic) bond motifs is 2. The molecule has 5 rings (SSSR count). The van der Waals surface area contributed by atoms with Crippen LogP contribution in [0.5, 0.6) is 6.01 Å². The third-order valence-electron chi connectivity index (χ3n) is 6.63. The third kappa shape index (κ3) is 3.49. The third-order valence-corrected chi connectivity index (χ3v) is 9.28. The first-order valence-corrected chi connectivity index (χ1v) is 12.6. The molecule has 0 aliphatic carbocycles. The van der Waals surface area contributed by atoms with Crippen LogP contribution in [-0.2, 0) is 10.5 Å². The Kier molecular flexibility index (Phi) is 5.58. The molecular weight excluding hydrogens is 482 g/mol. The van der Waals surface area contributed by atoms with Gasteiger partial charge in [-0.25, -0.2) is 4.98 Å². The van der Waals surface area contributed by atoms with E-state index in [-0.39, 0.29) is 16.8 Å². The van der Waals surface area contributed by atoms with E-state index in [0.717, 1.165) is 21.8 Å². The summed E-state index contributed by atoms with van der Waals surface area (Å²) in [6.45, 7) is 3.19. The molecule has 35 heavy (non-hydrogen) atoms. The lowest BCUT2D eigenvalue weighted by Gasteiger charge is -2.48. The fourth-order valence-electron chi connectivity index (χ4n) is 4.71. The summed E-state index contributed by atoms with van der Waals surface area (Å²) in [5.74, 6) is 2.21. The summed E-state index contributed by atoms with van der Waals surface area (Å²) in [7, 11) is 3.36. The van der Waals surface area contributed by atoms with Crippen molar-refractivity contribution >= 4 is 45.6 Å². The van der Waals surface area contributed by atoms with Gasteiger partial charge in [0.2, 0.25) is 0 Å². The van der Waals surface area contributed by atoms with Gasteiger partial charge in [-0.2, -0.15) is 20.5 Å². The zero-order valence-corrected chi connectivity index (χ0v) is 21.1. The fourth-order valence-corrected chi connectivity index (χ4v) is 7.51. The van der Waals surface area contributed by atoms with Crippen molar-refractivity contribution in [2.45, 2.75) is 23.5 Å². The average molecular weight is 506 g/mol. The van der Waals surface area contributed by atoms with E-state index >= 15 is 0 Å². The summed E-state index contributed by atoms with van der Waals surface area (Å²) >= 11 is 3.31. The molecule has 4 N–H and O–H groups in total. The zero-order chi connectivity index (χ0) is 24.9. The van der Waals surface area contributed by atoms with E-state index in [1.54, 1.807) is 6.20 Å². The van der Waals surface area contributed by atoms with Gasteiger partial charge in [0.25, 0.3) is 0 Å². The fraction of sp³-hybridized carbons (Fsp3) is 0.348. The molecule has 10 nitrogen and oxygen atoms in total. The van der Waals surface area contributed by atoms with Gasteiger partial charge in [0, 0.05) is 48.1 Å². The summed E-state index contributed by atoms with van der Waals surface area (Å²) in [5, 5.41) is 20.4. The number of rotatable bonds is 5. The number of thiophene rings is 1. The molecule has 0 aromatic carbocycles. The molecular formula is C23H23N9OS2. The lowest BCUT2D eigenvalue weighted by Crippen LogP contribution is -2.57. The van der Waals surface area contributed by atoms with Crippen LogP contribution in [0.1, 0.15) is 40.1 Å². The predicted molar refractivity (Wildman–Crippen MR) is 137 cm³/mol. The van der Waals surface area contributed by atoms with Crippen molar-refractivity contribution in [1.29, 1.82) is 10.5 Å². The Bertz CT molecular complexity index is 1400. The number of pyridine rings is 1. The van der Waals surface area contributed by atoms with Gasteiger partial charge in [-0.3, -0.25) is 0 Å². The second-order valence-corrected chi connectivity index (χ2v) is 11.0. The van der Waals surface area contributed by atoms with Crippen LogP contribution >= 0.6 is 23.1 Å². The summed E-state index contributed by atoms with van der Waals surface area (Å²) < 4.78 is 5.17. The lowest BCUT2D eigenvalue weighted by molar-refractivity contribution is 0.377. The van der Waals surface area contributed by atoms with Crippen LogP contribution in [0.3, 0.4) is 0 Å². The molecule has 0 saturated carbocycles. The first kappa shape index (κ1) is 23.0. The van der Waals surface area contributed by atoms with Crippen LogP contribution in [0.2, 0.25) is 0 Å². The minimum atomic E-state index is -0.233. The largest absolute Gasteiger partial charge is 0.467 e. The van der Waals surface area contributed by atoms with Gasteiger partial charge in [-0.05, 0) is 13.0 Å². The standard InChI is InChI=1S/C23H23N9OS2/c1-12(13-5-4-6-28-18(13)26)31(2)20-15(8-25)21(30-22(29-20)33-3)32-10-23(11-32)17-14(7-24)19(27)35-16(17)9-34-23/h4-6,12H,9-11,27H2,1-3H3,(H2,26,28). The second kappa shape index (κ2) is 8.48. The second-order valence-electron chi connectivity index (χ2n) is 8.50. The van der Waals surface area contributed by atoms with Crippen LogP contribution in [0, 0.1) is 22.7 Å². The Morgan fingerprint density at radius 2 is 1.97 bits per heavy atom. The molecule has 2 aliphatic rings. The summed E-state index contributed by atoms with van der Waals surface area (Å²) in [6.07, 6.45) is 1.64. The molecule has 12 heteroatoms.